The Kier molecular flexibility index (Phi) is 3.46. The minimum atomic E-state index is 0.490. The third kappa shape index (κ3) is 2.91. The van der Waals surface area contributed by atoms with Crippen molar-refractivity contribution in [1.82, 2.24) is 0 Å². The molecule has 1 aliphatic carbocycles. The highest BCUT2D eigenvalue weighted by Gasteiger charge is 2.26. The Balaban J connectivity index is 1.71. The number of hydrogen-bond acceptors (Lipinski definition) is 1. The summed E-state index contributed by atoms with van der Waals surface area (Å²) in [5.74, 6) is 0. The molecule has 0 aliphatic heterocycles. The zero-order valence-electron chi connectivity index (χ0n) is 11.8. The van der Waals surface area contributed by atoms with Gasteiger partial charge in [0.2, 0.25) is 0 Å². The summed E-state index contributed by atoms with van der Waals surface area (Å²) in [5, 5.41) is 6.28. The maximum Gasteiger partial charge on any atom is 0.0346 e. The van der Waals surface area contributed by atoms with E-state index in [1.807, 2.05) is 0 Å². The van der Waals surface area contributed by atoms with Crippen LogP contribution < -0.4 is 5.32 Å². The highest BCUT2D eigenvalue weighted by molar-refractivity contribution is 5.85. The van der Waals surface area contributed by atoms with Gasteiger partial charge in [-0.15, -0.1) is 0 Å². The molecule has 0 amide bonds. The topological polar surface area (TPSA) is 12.0 Å². The Hall–Kier alpha value is -1.50. The average Bonchev–Trinajstić information content (AvgIpc) is 2.46. The lowest BCUT2D eigenvalue weighted by Crippen LogP contribution is -2.28. The van der Waals surface area contributed by atoms with E-state index in [9.17, 15) is 0 Å². The van der Waals surface area contributed by atoms with Gasteiger partial charge in [0.05, 0.1) is 0 Å². The maximum absolute atomic E-state index is 3.65. The van der Waals surface area contributed by atoms with Crippen molar-refractivity contribution in [1.29, 1.82) is 0 Å². The molecular formula is C18H23N. The summed E-state index contributed by atoms with van der Waals surface area (Å²) in [6, 6.07) is 15.2. The van der Waals surface area contributed by atoms with Gasteiger partial charge in [0.25, 0.3) is 0 Å². The van der Waals surface area contributed by atoms with Crippen molar-refractivity contribution >= 4 is 16.5 Å². The van der Waals surface area contributed by atoms with Crippen LogP contribution in [0.1, 0.15) is 39.0 Å². The summed E-state index contributed by atoms with van der Waals surface area (Å²) in [5.41, 5.74) is 1.75. The Labute approximate surface area is 116 Å². The van der Waals surface area contributed by atoms with E-state index in [1.165, 1.54) is 48.6 Å². The molecule has 1 nitrogen and oxygen atoms in total. The molecule has 1 N–H and O–H groups in total. The Morgan fingerprint density at radius 3 is 2.47 bits per heavy atom. The van der Waals surface area contributed by atoms with Crippen molar-refractivity contribution in [2.75, 3.05) is 11.9 Å². The van der Waals surface area contributed by atoms with E-state index >= 15 is 0 Å². The van der Waals surface area contributed by atoms with Gasteiger partial charge in [-0.05, 0) is 41.2 Å². The normalized spacial score (nSPS) is 18.4. The third-order valence-corrected chi connectivity index (χ3v) is 4.53. The van der Waals surface area contributed by atoms with Gasteiger partial charge >= 0.3 is 0 Å². The first-order valence-electron chi connectivity index (χ1n) is 7.48. The van der Waals surface area contributed by atoms with Crippen LogP contribution >= 0.6 is 0 Å². The van der Waals surface area contributed by atoms with Gasteiger partial charge in [0, 0.05) is 12.2 Å². The van der Waals surface area contributed by atoms with Crippen molar-refractivity contribution in [2.45, 2.75) is 39.0 Å². The van der Waals surface area contributed by atoms with Crippen LogP contribution in [-0.2, 0) is 0 Å². The summed E-state index contributed by atoms with van der Waals surface area (Å²) in [4.78, 5) is 0. The van der Waals surface area contributed by atoms with Gasteiger partial charge in [0.15, 0.2) is 0 Å². The summed E-state index contributed by atoms with van der Waals surface area (Å²) in [6.07, 6.45) is 6.96. The van der Waals surface area contributed by atoms with E-state index in [4.69, 9.17) is 0 Å². The molecule has 1 saturated carbocycles. The minimum absolute atomic E-state index is 0.490. The van der Waals surface area contributed by atoms with Gasteiger partial charge in [-0.1, -0.05) is 56.5 Å². The first-order chi connectivity index (χ1) is 9.25. The minimum Gasteiger partial charge on any atom is -0.384 e. The van der Waals surface area contributed by atoms with Crippen LogP contribution in [0.25, 0.3) is 10.8 Å². The standard InChI is InChI=1S/C18H23N/c1-18(11-5-2-6-12-18)14-19-17-10-9-15-7-3-4-8-16(15)13-17/h3-4,7-10,13,19H,2,5-6,11-12,14H2,1H3. The number of benzene rings is 2. The highest BCUT2D eigenvalue weighted by Crippen LogP contribution is 2.35. The number of fused-ring (bicyclic) bond motifs is 1. The van der Waals surface area contributed by atoms with Gasteiger partial charge in [-0.2, -0.15) is 0 Å². The fraction of sp³-hybridized carbons (Fsp3) is 0.444. The second kappa shape index (κ2) is 5.24. The first-order valence-corrected chi connectivity index (χ1v) is 7.48. The monoisotopic (exact) mass is 253 g/mol. The van der Waals surface area contributed by atoms with Crippen LogP contribution in [0.3, 0.4) is 0 Å². The molecule has 2 aromatic carbocycles. The lowest BCUT2D eigenvalue weighted by atomic mass is 9.76. The zero-order valence-corrected chi connectivity index (χ0v) is 11.8. The number of rotatable bonds is 3. The van der Waals surface area contributed by atoms with E-state index in [-0.39, 0.29) is 0 Å². The van der Waals surface area contributed by atoms with Crippen molar-refractivity contribution < 1.29 is 0 Å². The molecular weight excluding hydrogens is 230 g/mol. The van der Waals surface area contributed by atoms with E-state index in [0.29, 0.717) is 5.41 Å². The van der Waals surface area contributed by atoms with Gasteiger partial charge in [-0.3, -0.25) is 0 Å². The molecule has 0 aromatic heterocycles. The molecule has 0 saturated heterocycles. The second-order valence-corrected chi connectivity index (χ2v) is 6.29. The van der Waals surface area contributed by atoms with Crippen LogP contribution in [0, 0.1) is 5.41 Å². The molecule has 100 valence electrons. The third-order valence-electron chi connectivity index (χ3n) is 4.53. The van der Waals surface area contributed by atoms with Gasteiger partial charge in [-0.25, -0.2) is 0 Å². The van der Waals surface area contributed by atoms with E-state index in [2.05, 4.69) is 54.7 Å². The summed E-state index contributed by atoms with van der Waals surface area (Å²) >= 11 is 0. The summed E-state index contributed by atoms with van der Waals surface area (Å²) in [6.45, 7) is 3.53. The molecule has 2 aromatic rings. The van der Waals surface area contributed by atoms with E-state index in [0.717, 1.165) is 6.54 Å². The summed E-state index contributed by atoms with van der Waals surface area (Å²) < 4.78 is 0. The van der Waals surface area contributed by atoms with Crippen molar-refractivity contribution in [3.05, 3.63) is 42.5 Å². The van der Waals surface area contributed by atoms with E-state index in [1.54, 1.807) is 0 Å². The molecule has 0 radical (unpaired) electrons. The molecule has 0 atom stereocenters. The van der Waals surface area contributed by atoms with Crippen LogP contribution in [0.2, 0.25) is 0 Å². The van der Waals surface area contributed by atoms with Gasteiger partial charge in [0.1, 0.15) is 0 Å². The Bertz CT molecular complexity index is 552. The fourth-order valence-electron chi connectivity index (χ4n) is 3.20. The van der Waals surface area contributed by atoms with Crippen LogP contribution in [0.5, 0.6) is 0 Å². The fourth-order valence-corrected chi connectivity index (χ4v) is 3.20. The molecule has 0 unspecified atom stereocenters. The smallest absolute Gasteiger partial charge is 0.0346 e. The zero-order chi connectivity index (χ0) is 13.1. The first kappa shape index (κ1) is 12.5. The molecule has 0 spiro atoms. The molecule has 1 fully saturated rings. The molecule has 0 heterocycles. The van der Waals surface area contributed by atoms with Crippen LogP contribution in [-0.4, -0.2) is 6.54 Å². The lowest BCUT2D eigenvalue weighted by Gasteiger charge is -2.34. The van der Waals surface area contributed by atoms with E-state index < -0.39 is 0 Å². The quantitative estimate of drug-likeness (QED) is 0.790. The number of hydrogen-bond donors (Lipinski definition) is 1. The summed E-state index contributed by atoms with van der Waals surface area (Å²) in [7, 11) is 0. The van der Waals surface area contributed by atoms with Gasteiger partial charge < -0.3 is 5.32 Å². The second-order valence-electron chi connectivity index (χ2n) is 6.29. The lowest BCUT2D eigenvalue weighted by molar-refractivity contribution is 0.233. The average molecular weight is 253 g/mol. The predicted octanol–water partition coefficient (Wildman–Crippen LogP) is 5.22. The van der Waals surface area contributed by atoms with Crippen molar-refractivity contribution in [2.24, 2.45) is 5.41 Å². The van der Waals surface area contributed by atoms with Crippen LogP contribution in [0.15, 0.2) is 42.5 Å². The number of nitrogens with one attached hydrogen (secondary N) is 1. The Morgan fingerprint density at radius 2 is 1.68 bits per heavy atom. The molecule has 1 heteroatoms. The maximum atomic E-state index is 3.65. The highest BCUT2D eigenvalue weighted by atomic mass is 14.9. The van der Waals surface area contributed by atoms with Crippen LogP contribution in [0.4, 0.5) is 5.69 Å². The van der Waals surface area contributed by atoms with Crippen molar-refractivity contribution in [3.63, 3.8) is 0 Å². The largest absolute Gasteiger partial charge is 0.384 e. The molecule has 3 rings (SSSR count). The number of anilines is 1. The Morgan fingerprint density at radius 1 is 0.947 bits per heavy atom. The SMILES string of the molecule is CC1(CNc2ccc3ccccc3c2)CCCCC1. The molecule has 0 bridgehead atoms. The van der Waals surface area contributed by atoms with Crippen molar-refractivity contribution in [3.8, 4) is 0 Å². The molecule has 1 aliphatic rings. The predicted molar refractivity (Wildman–Crippen MR) is 83.6 cm³/mol. The molecule has 19 heavy (non-hydrogen) atoms.